The van der Waals surface area contributed by atoms with Gasteiger partial charge in [0.25, 0.3) is 10.0 Å². The van der Waals surface area contributed by atoms with Gasteiger partial charge in [-0.1, -0.05) is 6.07 Å². The number of hydrogen-bond donors (Lipinski definition) is 3. The Kier molecular flexibility index (Phi) is 6.04. The highest BCUT2D eigenvalue weighted by Gasteiger charge is 2.34. The molecule has 1 atom stereocenters. The number of benzene rings is 2. The van der Waals surface area contributed by atoms with E-state index in [-0.39, 0.29) is 34.3 Å². The number of nitrogens with one attached hydrogen (secondary N) is 1. The minimum atomic E-state index is -4.69. The predicted octanol–water partition coefficient (Wildman–Crippen LogP) is 4.04. The number of carboxylic acid groups (broad SMARTS) is 1. The lowest BCUT2D eigenvalue weighted by Gasteiger charge is -2.33. The molecule has 2 aromatic rings. The van der Waals surface area contributed by atoms with Crippen molar-refractivity contribution < 1.29 is 36.6 Å². The van der Waals surface area contributed by atoms with Crippen LogP contribution in [0.4, 0.5) is 24.5 Å². The third-order valence-electron chi connectivity index (χ3n) is 5.87. The van der Waals surface area contributed by atoms with Crippen molar-refractivity contribution in [3.63, 3.8) is 0 Å². The van der Waals surface area contributed by atoms with Crippen LogP contribution in [-0.4, -0.2) is 43.8 Å². The molecule has 1 heterocycles. The number of piperidine rings is 1. The van der Waals surface area contributed by atoms with Gasteiger partial charge in [0.05, 0.1) is 33.5 Å². The molecule has 4 rings (SSSR count). The first kappa shape index (κ1) is 23.4. The molecule has 0 spiro atoms. The van der Waals surface area contributed by atoms with Gasteiger partial charge < -0.3 is 15.1 Å². The second-order valence-electron chi connectivity index (χ2n) is 8.41. The zero-order chi connectivity index (χ0) is 24.0. The van der Waals surface area contributed by atoms with Gasteiger partial charge in [-0.25, -0.2) is 13.2 Å². The summed E-state index contributed by atoms with van der Waals surface area (Å²) in [4.78, 5) is 12.8. The quantitative estimate of drug-likeness (QED) is 0.571. The highest BCUT2D eigenvalue weighted by molar-refractivity contribution is 7.92. The summed E-state index contributed by atoms with van der Waals surface area (Å²) in [5, 5.41) is 19.3. The van der Waals surface area contributed by atoms with Gasteiger partial charge in [0.15, 0.2) is 0 Å². The molecule has 1 saturated heterocycles. The molecule has 1 saturated carbocycles. The van der Waals surface area contributed by atoms with Crippen LogP contribution in [0, 0.1) is 0 Å². The Balaban J connectivity index is 1.78. The van der Waals surface area contributed by atoms with Crippen molar-refractivity contribution in [2.75, 3.05) is 22.7 Å². The van der Waals surface area contributed by atoms with E-state index in [2.05, 4.69) is 4.72 Å². The zero-order valence-corrected chi connectivity index (χ0v) is 18.3. The molecular formula is C22H23F3N2O5S. The maximum absolute atomic E-state index is 13.4. The van der Waals surface area contributed by atoms with Crippen LogP contribution in [0.25, 0.3) is 0 Å². The van der Waals surface area contributed by atoms with Crippen molar-refractivity contribution in [1.29, 1.82) is 0 Å². The summed E-state index contributed by atoms with van der Waals surface area (Å²) in [6.07, 6.45) is -2.74. The molecule has 178 valence electrons. The summed E-state index contributed by atoms with van der Waals surface area (Å²) < 4.78 is 69.1. The van der Waals surface area contributed by atoms with E-state index in [1.54, 1.807) is 4.90 Å². The number of carboxylic acids is 1. The number of carbonyl (C=O) groups is 1. The standard InChI is InChI=1S/C22H23F3N2O5S/c23-22(24,25)15-6-8-19(27-9-1-2-16(28)12-27)18(11-15)26-33(31,32)20-10-14(21(29)30)5-7-17(20)13-3-4-13/h5-8,10-11,13,16,26,28H,1-4,9,12H2,(H,29,30)/t16-/m1/s1. The SMILES string of the molecule is O=C(O)c1ccc(C2CC2)c(S(=O)(=O)Nc2cc(C(F)(F)F)ccc2N2CCC[C@@H](O)C2)c1. The molecule has 2 aliphatic rings. The molecule has 33 heavy (non-hydrogen) atoms. The maximum atomic E-state index is 13.4. The van der Waals surface area contributed by atoms with Gasteiger partial charge in [-0.15, -0.1) is 0 Å². The number of β-amino-alcohol motifs (C(OH)–C–C–N with tert-alkyl or cyclic N) is 1. The molecule has 0 radical (unpaired) electrons. The fourth-order valence-electron chi connectivity index (χ4n) is 4.07. The lowest BCUT2D eigenvalue weighted by atomic mass is 10.1. The Labute approximate surface area is 188 Å². The third-order valence-corrected chi connectivity index (χ3v) is 7.29. The first-order chi connectivity index (χ1) is 15.5. The fraction of sp³-hybridized carbons (Fsp3) is 0.409. The molecule has 0 aromatic heterocycles. The van der Waals surface area contributed by atoms with Gasteiger partial charge >= 0.3 is 12.1 Å². The average Bonchev–Trinajstić information content (AvgIpc) is 3.57. The molecule has 1 aliphatic heterocycles. The van der Waals surface area contributed by atoms with Crippen molar-refractivity contribution in [2.24, 2.45) is 0 Å². The predicted molar refractivity (Wildman–Crippen MR) is 115 cm³/mol. The number of alkyl halides is 3. The summed E-state index contributed by atoms with van der Waals surface area (Å²) in [7, 11) is -4.41. The number of aliphatic hydroxyl groups excluding tert-OH is 1. The van der Waals surface area contributed by atoms with E-state index in [4.69, 9.17) is 0 Å². The van der Waals surface area contributed by atoms with Gasteiger partial charge in [-0.2, -0.15) is 13.2 Å². The molecule has 2 aromatic carbocycles. The second-order valence-corrected chi connectivity index (χ2v) is 10.1. The van der Waals surface area contributed by atoms with Gasteiger partial charge in [0, 0.05) is 13.1 Å². The minimum absolute atomic E-state index is 0.0439. The second kappa shape index (κ2) is 8.53. The number of anilines is 2. The van der Waals surface area contributed by atoms with Crippen molar-refractivity contribution in [3.05, 3.63) is 53.1 Å². The maximum Gasteiger partial charge on any atom is 0.416 e. The number of sulfonamides is 1. The Morgan fingerprint density at radius 3 is 2.42 bits per heavy atom. The monoisotopic (exact) mass is 484 g/mol. The highest BCUT2D eigenvalue weighted by Crippen LogP contribution is 2.44. The Morgan fingerprint density at radius 2 is 1.82 bits per heavy atom. The van der Waals surface area contributed by atoms with Gasteiger partial charge in [-0.05, 0) is 67.5 Å². The molecule has 0 unspecified atom stereocenters. The van der Waals surface area contributed by atoms with Crippen molar-refractivity contribution in [2.45, 2.75) is 48.8 Å². The van der Waals surface area contributed by atoms with E-state index in [0.717, 1.165) is 31.0 Å². The van der Waals surface area contributed by atoms with E-state index in [9.17, 15) is 36.6 Å². The van der Waals surface area contributed by atoms with E-state index in [0.29, 0.717) is 24.9 Å². The Bertz CT molecular complexity index is 1180. The Hall–Kier alpha value is -2.79. The smallest absolute Gasteiger partial charge is 0.416 e. The van der Waals surface area contributed by atoms with Crippen molar-refractivity contribution in [3.8, 4) is 0 Å². The Morgan fingerprint density at radius 1 is 1.09 bits per heavy atom. The number of rotatable bonds is 6. The fourth-order valence-corrected chi connectivity index (χ4v) is 5.46. The van der Waals surface area contributed by atoms with Crippen molar-refractivity contribution in [1.82, 2.24) is 0 Å². The van der Waals surface area contributed by atoms with Gasteiger partial charge in [-0.3, -0.25) is 4.72 Å². The summed E-state index contributed by atoms with van der Waals surface area (Å²) in [5.41, 5.74) is -0.880. The van der Waals surface area contributed by atoms with Crippen LogP contribution in [0.5, 0.6) is 0 Å². The van der Waals surface area contributed by atoms with E-state index in [1.165, 1.54) is 18.2 Å². The first-order valence-corrected chi connectivity index (χ1v) is 12.0. The van der Waals surface area contributed by atoms with Crippen LogP contribution in [0.3, 0.4) is 0 Å². The van der Waals surface area contributed by atoms with Crippen LogP contribution < -0.4 is 9.62 Å². The van der Waals surface area contributed by atoms with E-state index in [1.807, 2.05) is 0 Å². The summed E-state index contributed by atoms with van der Waals surface area (Å²) >= 11 is 0. The molecule has 11 heteroatoms. The molecular weight excluding hydrogens is 461 g/mol. The number of aliphatic hydroxyl groups is 1. The summed E-state index contributed by atoms with van der Waals surface area (Å²) in [6.45, 7) is 0.598. The summed E-state index contributed by atoms with van der Waals surface area (Å²) in [5.74, 6) is -1.35. The van der Waals surface area contributed by atoms with Crippen LogP contribution in [0.1, 0.15) is 53.1 Å². The molecule has 2 fully saturated rings. The first-order valence-electron chi connectivity index (χ1n) is 10.5. The van der Waals surface area contributed by atoms with Gasteiger partial charge in [0.2, 0.25) is 0 Å². The number of nitrogens with zero attached hydrogens (tertiary/aromatic N) is 1. The van der Waals surface area contributed by atoms with Crippen molar-refractivity contribution >= 4 is 27.4 Å². The molecule has 0 bridgehead atoms. The summed E-state index contributed by atoms with van der Waals surface area (Å²) in [6, 6.07) is 6.59. The third kappa shape index (κ3) is 5.09. The molecule has 3 N–H and O–H groups in total. The highest BCUT2D eigenvalue weighted by atomic mass is 32.2. The topological polar surface area (TPSA) is 107 Å². The normalized spacial score (nSPS) is 19.4. The van der Waals surface area contributed by atoms with Crippen LogP contribution in [0.15, 0.2) is 41.3 Å². The van der Waals surface area contributed by atoms with E-state index < -0.39 is 33.8 Å². The molecule has 0 amide bonds. The van der Waals surface area contributed by atoms with Crippen LogP contribution in [-0.2, 0) is 16.2 Å². The number of aromatic carboxylic acids is 1. The number of halogens is 3. The lowest BCUT2D eigenvalue weighted by Crippen LogP contribution is -2.38. The van der Waals surface area contributed by atoms with Crippen LogP contribution >= 0.6 is 0 Å². The lowest BCUT2D eigenvalue weighted by molar-refractivity contribution is -0.137. The van der Waals surface area contributed by atoms with Gasteiger partial charge in [0.1, 0.15) is 0 Å². The number of hydrogen-bond acceptors (Lipinski definition) is 5. The largest absolute Gasteiger partial charge is 0.478 e. The molecule has 7 nitrogen and oxygen atoms in total. The minimum Gasteiger partial charge on any atom is -0.478 e. The van der Waals surface area contributed by atoms with Crippen LogP contribution in [0.2, 0.25) is 0 Å². The average molecular weight is 484 g/mol. The van der Waals surface area contributed by atoms with E-state index >= 15 is 0 Å². The zero-order valence-electron chi connectivity index (χ0n) is 17.5. The molecule has 1 aliphatic carbocycles.